The zero-order chi connectivity index (χ0) is 38.5. The molecule has 1 saturated carbocycles. The smallest absolute Gasteiger partial charge is 0.305 e. The molecule has 0 bridgehead atoms. The molecule has 0 aromatic carbocycles. The summed E-state index contributed by atoms with van der Waals surface area (Å²) in [5.41, 5.74) is 0.492. The fourth-order valence-electron chi connectivity index (χ4n) is 8.00. The molecule has 1 rings (SSSR count). The lowest BCUT2D eigenvalue weighted by Gasteiger charge is -2.24. The minimum absolute atomic E-state index is 0.00436. The monoisotopic (exact) mass is 750 g/mol. The molecule has 6 nitrogen and oxygen atoms in total. The first-order chi connectivity index (χ1) is 26.0. The van der Waals surface area contributed by atoms with Crippen molar-refractivity contribution in [2.75, 3.05) is 39.5 Å². The van der Waals surface area contributed by atoms with Crippen LogP contribution in [0.3, 0.4) is 0 Å². The highest BCUT2D eigenvalue weighted by atomic mass is 16.5. The fraction of sp³-hybridized carbons (Fsp3) is 0.957. The van der Waals surface area contributed by atoms with E-state index in [1.165, 1.54) is 161 Å². The first-order valence-electron chi connectivity index (χ1n) is 23.6. The van der Waals surface area contributed by atoms with E-state index in [4.69, 9.17) is 9.47 Å². The predicted octanol–water partition coefficient (Wildman–Crippen LogP) is 13.3. The summed E-state index contributed by atoms with van der Waals surface area (Å²) in [7, 11) is 0. The Morgan fingerprint density at radius 3 is 1.49 bits per heavy atom. The lowest BCUT2D eigenvalue weighted by molar-refractivity contribution is -0.145. The number of carbonyl (C=O) groups is 2. The van der Waals surface area contributed by atoms with Crippen molar-refractivity contribution in [3.05, 3.63) is 0 Å². The molecule has 0 heterocycles. The topological polar surface area (TPSA) is 76.1 Å². The Balaban J connectivity index is 2.19. The van der Waals surface area contributed by atoms with Gasteiger partial charge in [-0.2, -0.15) is 0 Å². The van der Waals surface area contributed by atoms with Crippen LogP contribution in [0.25, 0.3) is 0 Å². The third-order valence-corrected chi connectivity index (χ3v) is 11.9. The summed E-state index contributed by atoms with van der Waals surface area (Å²) >= 11 is 0. The van der Waals surface area contributed by atoms with Gasteiger partial charge in [0, 0.05) is 19.4 Å². The van der Waals surface area contributed by atoms with Crippen LogP contribution in [-0.2, 0) is 19.1 Å². The summed E-state index contributed by atoms with van der Waals surface area (Å²) in [6.45, 7) is 11.6. The number of carbonyl (C=O) groups excluding carboxylic acids is 2. The molecular weight excluding hydrogens is 659 g/mol. The van der Waals surface area contributed by atoms with Crippen molar-refractivity contribution >= 4 is 11.9 Å². The highest BCUT2D eigenvalue weighted by molar-refractivity contribution is 5.69. The number of esters is 2. The number of unbranched alkanes of at least 4 members (excludes halogenated alkanes) is 19. The minimum Gasteiger partial charge on any atom is -0.466 e. The van der Waals surface area contributed by atoms with Crippen molar-refractivity contribution in [2.45, 2.75) is 239 Å². The summed E-state index contributed by atoms with van der Waals surface area (Å²) in [5.74, 6) is 0.545. The van der Waals surface area contributed by atoms with Gasteiger partial charge in [0.1, 0.15) is 0 Å². The van der Waals surface area contributed by atoms with Gasteiger partial charge in [-0.05, 0) is 114 Å². The number of hydrogen-bond donors (Lipinski definition) is 1. The van der Waals surface area contributed by atoms with E-state index < -0.39 is 0 Å². The number of rotatable bonds is 42. The van der Waals surface area contributed by atoms with E-state index >= 15 is 0 Å². The lowest BCUT2D eigenvalue weighted by Crippen LogP contribution is -2.28. The molecule has 53 heavy (non-hydrogen) atoms. The van der Waals surface area contributed by atoms with Crippen LogP contribution in [0.4, 0.5) is 0 Å². The van der Waals surface area contributed by atoms with Crippen LogP contribution in [0, 0.1) is 11.3 Å². The third kappa shape index (κ3) is 31.7. The molecule has 314 valence electrons. The Morgan fingerprint density at radius 1 is 0.528 bits per heavy atom. The van der Waals surface area contributed by atoms with Crippen molar-refractivity contribution in [1.82, 2.24) is 4.90 Å². The number of ether oxygens (including phenoxy) is 2. The van der Waals surface area contributed by atoms with Crippen molar-refractivity contribution in [2.24, 2.45) is 11.3 Å². The zero-order valence-corrected chi connectivity index (χ0v) is 35.9. The molecule has 1 N–H and O–H groups in total. The van der Waals surface area contributed by atoms with Crippen LogP contribution in [0.1, 0.15) is 239 Å². The Hall–Kier alpha value is -1.14. The lowest BCUT2D eigenvalue weighted by atomic mass is 9.94. The van der Waals surface area contributed by atoms with E-state index in [2.05, 4.69) is 25.7 Å². The van der Waals surface area contributed by atoms with E-state index in [1.807, 2.05) is 0 Å². The van der Waals surface area contributed by atoms with Crippen molar-refractivity contribution in [3.63, 3.8) is 0 Å². The second kappa shape index (κ2) is 36.5. The maximum Gasteiger partial charge on any atom is 0.305 e. The molecule has 0 aliphatic heterocycles. The highest BCUT2D eigenvalue weighted by Crippen LogP contribution is 2.53. The molecule has 6 heteroatoms. The SMILES string of the molecule is CCCCCCCCCC(=O)OCCCC1(CCCN(CCCCO)CCCCCCCC(=O)OCC(CCCCCCC)CCCCCCC)CC1. The average Bonchev–Trinajstić information content (AvgIpc) is 3.93. The summed E-state index contributed by atoms with van der Waals surface area (Å²) in [4.78, 5) is 27.3. The van der Waals surface area contributed by atoms with Crippen LogP contribution in [-0.4, -0.2) is 61.4 Å². The molecule has 0 atom stereocenters. The van der Waals surface area contributed by atoms with Gasteiger partial charge < -0.3 is 19.5 Å². The van der Waals surface area contributed by atoms with E-state index in [0.717, 1.165) is 64.6 Å². The first-order valence-corrected chi connectivity index (χ1v) is 23.6. The first kappa shape index (κ1) is 49.9. The second-order valence-electron chi connectivity index (χ2n) is 17.0. The Morgan fingerprint density at radius 2 is 0.962 bits per heavy atom. The molecule has 1 fully saturated rings. The summed E-state index contributed by atoms with van der Waals surface area (Å²) in [6, 6.07) is 0. The zero-order valence-electron chi connectivity index (χ0n) is 35.9. The molecule has 1 aliphatic rings. The molecule has 1 aliphatic carbocycles. The van der Waals surface area contributed by atoms with E-state index in [9.17, 15) is 14.7 Å². The largest absolute Gasteiger partial charge is 0.466 e. The molecule has 0 aromatic rings. The molecule has 0 radical (unpaired) electrons. The maximum absolute atomic E-state index is 12.6. The van der Waals surface area contributed by atoms with Gasteiger partial charge >= 0.3 is 11.9 Å². The minimum atomic E-state index is -0.00436. The van der Waals surface area contributed by atoms with Gasteiger partial charge in [0.05, 0.1) is 13.2 Å². The Bertz CT molecular complexity index is 801. The highest BCUT2D eigenvalue weighted by Gasteiger charge is 2.41. The Labute approximate surface area is 330 Å². The fourth-order valence-corrected chi connectivity index (χ4v) is 8.00. The van der Waals surface area contributed by atoms with Crippen LogP contribution in [0.15, 0.2) is 0 Å². The van der Waals surface area contributed by atoms with Crippen LogP contribution >= 0.6 is 0 Å². The van der Waals surface area contributed by atoms with Crippen molar-refractivity contribution < 1.29 is 24.2 Å². The van der Waals surface area contributed by atoms with Crippen LogP contribution in [0.5, 0.6) is 0 Å². The normalized spacial score (nSPS) is 13.6. The van der Waals surface area contributed by atoms with Gasteiger partial charge in [-0.1, -0.05) is 143 Å². The van der Waals surface area contributed by atoms with E-state index in [1.54, 1.807) is 0 Å². The number of hydrogen-bond acceptors (Lipinski definition) is 6. The van der Waals surface area contributed by atoms with Crippen molar-refractivity contribution in [1.29, 1.82) is 0 Å². The Kier molecular flexibility index (Phi) is 34.3. The maximum atomic E-state index is 12.6. The van der Waals surface area contributed by atoms with Gasteiger partial charge in [-0.25, -0.2) is 0 Å². The molecule has 0 aromatic heterocycles. The summed E-state index contributed by atoms with van der Waals surface area (Å²) < 4.78 is 11.4. The number of nitrogens with zero attached hydrogens (tertiary/aromatic N) is 1. The van der Waals surface area contributed by atoms with Gasteiger partial charge in [0.25, 0.3) is 0 Å². The molecular formula is C47H91NO5. The van der Waals surface area contributed by atoms with Crippen LogP contribution < -0.4 is 0 Å². The number of aliphatic hydroxyl groups excluding tert-OH is 1. The molecule has 0 saturated heterocycles. The van der Waals surface area contributed by atoms with Crippen molar-refractivity contribution in [3.8, 4) is 0 Å². The van der Waals surface area contributed by atoms with Gasteiger partial charge in [-0.15, -0.1) is 0 Å². The van der Waals surface area contributed by atoms with Gasteiger partial charge in [0.15, 0.2) is 0 Å². The summed E-state index contributed by atoms with van der Waals surface area (Å²) in [6.07, 6.45) is 40.2. The van der Waals surface area contributed by atoms with Gasteiger partial charge in [0.2, 0.25) is 0 Å². The molecule has 0 unspecified atom stereocenters. The summed E-state index contributed by atoms with van der Waals surface area (Å²) in [5, 5.41) is 9.33. The predicted molar refractivity (Wildman–Crippen MR) is 225 cm³/mol. The second-order valence-corrected chi connectivity index (χ2v) is 17.0. The van der Waals surface area contributed by atoms with E-state index in [-0.39, 0.29) is 18.5 Å². The quantitative estimate of drug-likeness (QED) is 0.0495. The number of aliphatic hydroxyl groups is 1. The molecule has 0 spiro atoms. The van der Waals surface area contributed by atoms with Crippen LogP contribution in [0.2, 0.25) is 0 Å². The third-order valence-electron chi connectivity index (χ3n) is 11.9. The molecule has 0 amide bonds. The average molecular weight is 750 g/mol. The van der Waals surface area contributed by atoms with Gasteiger partial charge in [-0.3, -0.25) is 9.59 Å². The standard InChI is InChI=1S/C47H91NO5/c1-4-7-10-13-14-18-23-32-45(50)52-42-29-35-47(36-37-47)34-28-40-48(39-26-27-41-49)38-25-20-15-19-24-33-46(51)53-43-44(30-21-16-11-8-5-2)31-22-17-12-9-6-3/h44,49H,4-43H2,1-3H3. The van der Waals surface area contributed by atoms with E-state index in [0.29, 0.717) is 37.4 Å².